The molecule has 4 aliphatic carbocycles. The molecule has 5 nitrogen and oxygen atoms in total. The first kappa shape index (κ1) is 22.1. The molecule has 0 atom stereocenters. The van der Waals surface area contributed by atoms with Crippen LogP contribution in [0.3, 0.4) is 0 Å². The Bertz CT molecular complexity index is 828. The molecule has 5 aliphatic rings. The fourth-order valence-electron chi connectivity index (χ4n) is 7.26. The van der Waals surface area contributed by atoms with E-state index >= 15 is 0 Å². The van der Waals surface area contributed by atoms with Gasteiger partial charge in [-0.25, -0.2) is 4.39 Å². The Kier molecular flexibility index (Phi) is 6.19. The molecule has 0 aromatic heterocycles. The minimum absolute atomic E-state index is 0.0348. The van der Waals surface area contributed by atoms with Crippen molar-refractivity contribution in [3.05, 3.63) is 34.6 Å². The fourth-order valence-corrected chi connectivity index (χ4v) is 7.48. The predicted octanol–water partition coefficient (Wildman–Crippen LogP) is 3.85. The van der Waals surface area contributed by atoms with E-state index in [0.717, 1.165) is 17.8 Å². The molecule has 6 rings (SSSR count). The molecule has 0 radical (unpaired) electrons. The third-order valence-electron chi connectivity index (χ3n) is 8.31. The van der Waals surface area contributed by atoms with E-state index in [0.29, 0.717) is 49.7 Å². The predicted molar refractivity (Wildman–Crippen MR) is 121 cm³/mol. The molecule has 0 unspecified atom stereocenters. The molecule has 1 aliphatic heterocycles. The van der Waals surface area contributed by atoms with Gasteiger partial charge in [0.15, 0.2) is 0 Å². The van der Waals surface area contributed by atoms with Gasteiger partial charge in [0.25, 0.3) is 0 Å². The zero-order valence-corrected chi connectivity index (χ0v) is 19.4. The van der Waals surface area contributed by atoms with Crippen LogP contribution in [0.4, 0.5) is 4.39 Å². The number of benzene rings is 1. The summed E-state index contributed by atoms with van der Waals surface area (Å²) in [5.41, 5.74) is 0.701. The van der Waals surface area contributed by atoms with E-state index in [1.165, 1.54) is 44.6 Å². The molecule has 174 valence electrons. The molecule has 4 saturated carbocycles. The Morgan fingerprint density at radius 1 is 1.03 bits per heavy atom. The standard InChI is InChI=1S/C25H33ClFN3O2/c26-21-2-1-3-22(27)20(21)16-29-4-6-30(7-5-29)24(32)15-28-23(31)14-25-11-17-8-18(12-25)10-19(9-17)13-25/h1-3,17-19H,4-16H2,(H,28,31). The SMILES string of the molecule is O=C(CC12CC3CC(CC(C3)C1)C2)NCC(=O)N1CCN(Cc2c(F)cccc2Cl)CC1. The van der Waals surface area contributed by atoms with Gasteiger partial charge < -0.3 is 10.2 Å². The second-order valence-electron chi connectivity index (χ2n) is 10.7. The second kappa shape index (κ2) is 8.94. The highest BCUT2D eigenvalue weighted by Crippen LogP contribution is 2.61. The largest absolute Gasteiger partial charge is 0.347 e. The van der Waals surface area contributed by atoms with Gasteiger partial charge in [-0.15, -0.1) is 0 Å². The molecular formula is C25H33ClFN3O2. The zero-order valence-electron chi connectivity index (χ0n) is 18.6. The van der Waals surface area contributed by atoms with Crippen LogP contribution in [-0.4, -0.2) is 54.3 Å². The third-order valence-corrected chi connectivity index (χ3v) is 8.66. The lowest BCUT2D eigenvalue weighted by atomic mass is 9.49. The summed E-state index contributed by atoms with van der Waals surface area (Å²) in [5.74, 6) is 2.18. The van der Waals surface area contributed by atoms with Crippen LogP contribution in [0.1, 0.15) is 50.5 Å². The van der Waals surface area contributed by atoms with Gasteiger partial charge in [-0.05, 0) is 73.8 Å². The lowest BCUT2D eigenvalue weighted by molar-refractivity contribution is -0.136. The Morgan fingerprint density at radius 2 is 1.66 bits per heavy atom. The van der Waals surface area contributed by atoms with E-state index in [1.54, 1.807) is 17.0 Å². The van der Waals surface area contributed by atoms with Crippen LogP contribution in [0.2, 0.25) is 5.02 Å². The molecule has 1 aromatic rings. The molecule has 5 fully saturated rings. The van der Waals surface area contributed by atoms with Crippen molar-refractivity contribution in [3.63, 3.8) is 0 Å². The highest BCUT2D eigenvalue weighted by molar-refractivity contribution is 6.31. The number of amides is 2. The van der Waals surface area contributed by atoms with E-state index in [4.69, 9.17) is 11.6 Å². The number of hydrogen-bond donors (Lipinski definition) is 1. The molecule has 2 amide bonds. The van der Waals surface area contributed by atoms with Crippen molar-refractivity contribution in [1.82, 2.24) is 15.1 Å². The van der Waals surface area contributed by atoms with Crippen molar-refractivity contribution in [3.8, 4) is 0 Å². The molecule has 32 heavy (non-hydrogen) atoms. The summed E-state index contributed by atoms with van der Waals surface area (Å²) in [4.78, 5) is 29.3. The first-order chi connectivity index (χ1) is 15.4. The van der Waals surface area contributed by atoms with E-state index in [-0.39, 0.29) is 29.6 Å². The van der Waals surface area contributed by atoms with E-state index < -0.39 is 0 Å². The molecule has 1 aromatic carbocycles. The number of nitrogens with one attached hydrogen (secondary N) is 1. The highest BCUT2D eigenvalue weighted by Gasteiger charge is 2.51. The van der Waals surface area contributed by atoms with Gasteiger partial charge in [0, 0.05) is 49.7 Å². The Morgan fingerprint density at radius 3 is 2.25 bits per heavy atom. The van der Waals surface area contributed by atoms with Crippen molar-refractivity contribution in [2.45, 2.75) is 51.5 Å². The highest BCUT2D eigenvalue weighted by atomic mass is 35.5. The number of carbonyl (C=O) groups excluding carboxylic acids is 2. The minimum atomic E-state index is -0.294. The van der Waals surface area contributed by atoms with Crippen molar-refractivity contribution in [2.75, 3.05) is 32.7 Å². The number of hydrogen-bond acceptors (Lipinski definition) is 3. The lowest BCUT2D eigenvalue weighted by Gasteiger charge is -2.56. The van der Waals surface area contributed by atoms with Crippen LogP contribution >= 0.6 is 11.6 Å². The van der Waals surface area contributed by atoms with Crippen LogP contribution in [0, 0.1) is 29.0 Å². The van der Waals surface area contributed by atoms with E-state index in [9.17, 15) is 14.0 Å². The average Bonchev–Trinajstić information content (AvgIpc) is 2.74. The number of nitrogens with zero attached hydrogens (tertiary/aromatic N) is 2. The van der Waals surface area contributed by atoms with Gasteiger partial charge >= 0.3 is 0 Å². The summed E-state index contributed by atoms with van der Waals surface area (Å²) in [6.07, 6.45) is 8.30. The second-order valence-corrected chi connectivity index (χ2v) is 11.1. The first-order valence-electron chi connectivity index (χ1n) is 12.1. The van der Waals surface area contributed by atoms with Gasteiger partial charge in [-0.1, -0.05) is 17.7 Å². The molecule has 1 saturated heterocycles. The van der Waals surface area contributed by atoms with Gasteiger partial charge in [-0.3, -0.25) is 14.5 Å². The lowest BCUT2D eigenvalue weighted by Crippen LogP contribution is -2.51. The maximum absolute atomic E-state index is 14.0. The molecule has 4 bridgehead atoms. The summed E-state index contributed by atoms with van der Waals surface area (Å²) >= 11 is 6.14. The molecular weight excluding hydrogens is 429 g/mol. The Hall–Kier alpha value is -1.66. The van der Waals surface area contributed by atoms with Crippen LogP contribution in [0.25, 0.3) is 0 Å². The average molecular weight is 462 g/mol. The Labute approximate surface area is 194 Å². The topological polar surface area (TPSA) is 52.7 Å². The Balaban J connectivity index is 1.06. The van der Waals surface area contributed by atoms with Crippen LogP contribution < -0.4 is 5.32 Å². The van der Waals surface area contributed by atoms with Gasteiger partial charge in [0.1, 0.15) is 5.82 Å². The molecule has 7 heteroatoms. The van der Waals surface area contributed by atoms with E-state index in [2.05, 4.69) is 10.2 Å². The fraction of sp³-hybridized carbons (Fsp3) is 0.680. The smallest absolute Gasteiger partial charge is 0.242 e. The van der Waals surface area contributed by atoms with Crippen molar-refractivity contribution in [1.29, 1.82) is 0 Å². The summed E-state index contributed by atoms with van der Waals surface area (Å²) in [6.45, 7) is 3.00. The van der Waals surface area contributed by atoms with Crippen molar-refractivity contribution < 1.29 is 14.0 Å². The molecule has 1 N–H and O–H groups in total. The van der Waals surface area contributed by atoms with Crippen molar-refractivity contribution >= 4 is 23.4 Å². The van der Waals surface area contributed by atoms with Gasteiger partial charge in [-0.2, -0.15) is 0 Å². The quantitative estimate of drug-likeness (QED) is 0.700. The minimum Gasteiger partial charge on any atom is -0.347 e. The number of carbonyl (C=O) groups is 2. The number of piperazine rings is 1. The van der Waals surface area contributed by atoms with Crippen LogP contribution in [-0.2, 0) is 16.1 Å². The van der Waals surface area contributed by atoms with Crippen LogP contribution in [0.15, 0.2) is 18.2 Å². The maximum Gasteiger partial charge on any atom is 0.242 e. The first-order valence-corrected chi connectivity index (χ1v) is 12.5. The van der Waals surface area contributed by atoms with Crippen molar-refractivity contribution in [2.24, 2.45) is 23.2 Å². The third kappa shape index (κ3) is 4.67. The summed E-state index contributed by atoms with van der Waals surface area (Å²) in [7, 11) is 0. The summed E-state index contributed by atoms with van der Waals surface area (Å²) in [6, 6.07) is 4.73. The van der Waals surface area contributed by atoms with E-state index in [1.807, 2.05) is 0 Å². The number of rotatable bonds is 6. The normalized spacial score (nSPS) is 31.7. The summed E-state index contributed by atoms with van der Waals surface area (Å²) in [5, 5.41) is 3.35. The maximum atomic E-state index is 14.0. The monoisotopic (exact) mass is 461 g/mol. The zero-order chi connectivity index (χ0) is 22.3. The number of halogens is 2. The summed E-state index contributed by atoms with van der Waals surface area (Å²) < 4.78 is 14.0. The van der Waals surface area contributed by atoms with Gasteiger partial charge in [0.2, 0.25) is 11.8 Å². The van der Waals surface area contributed by atoms with Crippen LogP contribution in [0.5, 0.6) is 0 Å². The molecule has 1 heterocycles. The molecule has 0 spiro atoms. The van der Waals surface area contributed by atoms with Gasteiger partial charge in [0.05, 0.1) is 6.54 Å².